The Balaban J connectivity index is 0.00000225. The second kappa shape index (κ2) is 10.1. The quantitative estimate of drug-likeness (QED) is 0.362. The molecule has 0 spiro atoms. The Morgan fingerprint density at radius 1 is 1.28 bits per heavy atom. The van der Waals surface area contributed by atoms with E-state index in [1.54, 1.807) is 6.92 Å². The van der Waals surface area contributed by atoms with Crippen molar-refractivity contribution in [3.8, 4) is 5.75 Å². The summed E-state index contributed by atoms with van der Waals surface area (Å²) in [4.78, 5) is 37.0. The van der Waals surface area contributed by atoms with Gasteiger partial charge in [0.15, 0.2) is 0 Å². The Hall–Kier alpha value is -2.03. The van der Waals surface area contributed by atoms with Crippen LogP contribution in [0.4, 0.5) is 0 Å². The molecule has 3 rings (SSSR count). The van der Waals surface area contributed by atoms with Crippen molar-refractivity contribution in [1.29, 1.82) is 0 Å². The van der Waals surface area contributed by atoms with Gasteiger partial charge in [-0.05, 0) is 43.4 Å². The van der Waals surface area contributed by atoms with E-state index < -0.39 is 29.9 Å². The zero-order chi connectivity index (χ0) is 20.3. The molecule has 1 aromatic carbocycles. The third-order valence-electron chi connectivity index (χ3n) is 4.87. The number of carboxylic acids is 1. The first-order valence-corrected chi connectivity index (χ1v) is 9.30. The molecule has 1 atom stereocenters. The normalized spacial score (nSPS) is 18.9. The SMILES string of the molecule is C[C@H]1CC(O)=C(C(=O)NCC(=O)O)C(=O)N1Cc1ccc(OCC2CC2)cc1.[H-].[Na+]. The van der Waals surface area contributed by atoms with Crippen LogP contribution in [0.2, 0.25) is 0 Å². The number of hydrogen-bond donors (Lipinski definition) is 3. The second-order valence-corrected chi connectivity index (χ2v) is 7.28. The van der Waals surface area contributed by atoms with Crippen LogP contribution in [0.25, 0.3) is 0 Å². The van der Waals surface area contributed by atoms with E-state index in [-0.39, 0.29) is 55.8 Å². The predicted molar refractivity (Wildman–Crippen MR) is 101 cm³/mol. The van der Waals surface area contributed by atoms with Gasteiger partial charge in [-0.25, -0.2) is 0 Å². The van der Waals surface area contributed by atoms with E-state index in [4.69, 9.17) is 9.84 Å². The van der Waals surface area contributed by atoms with Gasteiger partial charge < -0.3 is 26.6 Å². The molecule has 2 amide bonds. The fourth-order valence-electron chi connectivity index (χ4n) is 3.05. The molecular formula is C20H25N2NaO6. The van der Waals surface area contributed by atoms with Crippen LogP contribution in [0.15, 0.2) is 35.6 Å². The van der Waals surface area contributed by atoms with Gasteiger partial charge >= 0.3 is 35.5 Å². The number of carbonyl (C=O) groups is 3. The van der Waals surface area contributed by atoms with Crippen molar-refractivity contribution in [2.45, 2.75) is 38.8 Å². The van der Waals surface area contributed by atoms with Crippen LogP contribution in [-0.4, -0.2) is 52.1 Å². The number of carbonyl (C=O) groups excluding carboxylic acids is 2. The number of rotatable bonds is 8. The van der Waals surface area contributed by atoms with Crippen molar-refractivity contribution in [3.05, 3.63) is 41.2 Å². The smallest absolute Gasteiger partial charge is 1.00 e. The van der Waals surface area contributed by atoms with Crippen molar-refractivity contribution in [2.24, 2.45) is 5.92 Å². The van der Waals surface area contributed by atoms with E-state index >= 15 is 0 Å². The summed E-state index contributed by atoms with van der Waals surface area (Å²) < 4.78 is 5.70. The molecule has 0 bridgehead atoms. The number of aliphatic carboxylic acids is 1. The molecule has 1 heterocycles. The minimum Gasteiger partial charge on any atom is -1.00 e. The molecule has 0 unspecified atom stereocenters. The predicted octanol–water partition coefficient (Wildman–Crippen LogP) is -1.27. The molecule has 152 valence electrons. The number of aliphatic hydroxyl groups excluding tert-OH is 1. The monoisotopic (exact) mass is 412 g/mol. The molecule has 0 aromatic heterocycles. The Morgan fingerprint density at radius 2 is 1.93 bits per heavy atom. The minimum atomic E-state index is -1.23. The molecule has 2 aliphatic rings. The number of nitrogens with zero attached hydrogens (tertiary/aromatic N) is 1. The number of carboxylic acid groups (broad SMARTS) is 1. The largest absolute Gasteiger partial charge is 1.00 e. The van der Waals surface area contributed by atoms with E-state index in [0.29, 0.717) is 5.92 Å². The van der Waals surface area contributed by atoms with Crippen LogP contribution < -0.4 is 39.6 Å². The topological polar surface area (TPSA) is 116 Å². The third kappa shape index (κ3) is 6.22. The summed E-state index contributed by atoms with van der Waals surface area (Å²) >= 11 is 0. The third-order valence-corrected chi connectivity index (χ3v) is 4.87. The summed E-state index contributed by atoms with van der Waals surface area (Å²) in [5.41, 5.74) is 0.467. The van der Waals surface area contributed by atoms with Crippen LogP contribution in [0.1, 0.15) is 33.2 Å². The van der Waals surface area contributed by atoms with Gasteiger partial charge in [0, 0.05) is 19.0 Å². The number of aliphatic hydroxyl groups is 1. The van der Waals surface area contributed by atoms with Gasteiger partial charge in [0.1, 0.15) is 23.6 Å². The average molecular weight is 412 g/mol. The van der Waals surface area contributed by atoms with Gasteiger partial charge in [0.25, 0.3) is 11.8 Å². The molecular weight excluding hydrogens is 387 g/mol. The van der Waals surface area contributed by atoms with Crippen LogP contribution in [0.3, 0.4) is 0 Å². The standard InChI is InChI=1S/C20H24N2O6.Na.H/c1-12-8-16(23)18(19(26)21-9-17(24)25)20(27)22(12)10-13-4-6-15(7-5-13)28-11-14-2-3-14;;/h4-7,12,14,23H,2-3,8-11H2,1H3,(H,21,26)(H,24,25);;/q;+1;-1/t12-;;/m0../s1. The number of amides is 2. The second-order valence-electron chi connectivity index (χ2n) is 7.28. The number of nitrogens with one attached hydrogen (secondary N) is 1. The summed E-state index contributed by atoms with van der Waals surface area (Å²) in [5, 5.41) is 20.9. The van der Waals surface area contributed by atoms with E-state index in [0.717, 1.165) is 17.9 Å². The molecule has 29 heavy (non-hydrogen) atoms. The van der Waals surface area contributed by atoms with E-state index in [1.807, 2.05) is 24.3 Å². The van der Waals surface area contributed by atoms with Crippen LogP contribution >= 0.6 is 0 Å². The summed E-state index contributed by atoms with van der Waals surface area (Å²) in [6.45, 7) is 2.15. The Morgan fingerprint density at radius 3 is 2.52 bits per heavy atom. The van der Waals surface area contributed by atoms with Crippen LogP contribution in [-0.2, 0) is 20.9 Å². The molecule has 0 radical (unpaired) electrons. The summed E-state index contributed by atoms with van der Waals surface area (Å²) in [5.74, 6) is -1.61. The Bertz CT molecular complexity index is 810. The zero-order valence-electron chi connectivity index (χ0n) is 17.7. The average Bonchev–Trinajstić information content (AvgIpc) is 3.47. The van der Waals surface area contributed by atoms with Gasteiger partial charge in [0.05, 0.1) is 6.61 Å². The van der Waals surface area contributed by atoms with Gasteiger partial charge in [-0.15, -0.1) is 0 Å². The number of benzene rings is 1. The molecule has 8 nitrogen and oxygen atoms in total. The fourth-order valence-corrected chi connectivity index (χ4v) is 3.05. The molecule has 1 aliphatic heterocycles. The fraction of sp³-hybridized carbons (Fsp3) is 0.450. The van der Waals surface area contributed by atoms with Gasteiger partial charge in [-0.3, -0.25) is 14.4 Å². The van der Waals surface area contributed by atoms with Crippen molar-refractivity contribution >= 4 is 17.8 Å². The number of ether oxygens (including phenoxy) is 1. The van der Waals surface area contributed by atoms with E-state index in [2.05, 4.69) is 5.32 Å². The van der Waals surface area contributed by atoms with Gasteiger partial charge in [-0.1, -0.05) is 12.1 Å². The van der Waals surface area contributed by atoms with Crippen molar-refractivity contribution in [1.82, 2.24) is 10.2 Å². The molecule has 1 aliphatic carbocycles. The molecule has 1 fully saturated rings. The maximum atomic E-state index is 12.8. The van der Waals surface area contributed by atoms with Crippen LogP contribution in [0, 0.1) is 5.92 Å². The van der Waals surface area contributed by atoms with Gasteiger partial charge in [0.2, 0.25) is 0 Å². The van der Waals surface area contributed by atoms with Gasteiger partial charge in [-0.2, -0.15) is 0 Å². The number of hydrogen-bond acceptors (Lipinski definition) is 5. The molecule has 1 aromatic rings. The zero-order valence-corrected chi connectivity index (χ0v) is 18.7. The maximum absolute atomic E-state index is 12.8. The summed E-state index contributed by atoms with van der Waals surface area (Å²) in [6.07, 6.45) is 2.57. The van der Waals surface area contributed by atoms with Crippen molar-refractivity contribution in [2.75, 3.05) is 13.2 Å². The molecule has 3 N–H and O–H groups in total. The first kappa shape index (κ1) is 23.3. The minimum absolute atomic E-state index is 0. The summed E-state index contributed by atoms with van der Waals surface area (Å²) in [7, 11) is 0. The first-order chi connectivity index (χ1) is 13.3. The molecule has 1 saturated carbocycles. The Labute approximate surface area is 192 Å². The first-order valence-electron chi connectivity index (χ1n) is 9.30. The molecule has 9 heteroatoms. The van der Waals surface area contributed by atoms with E-state index in [9.17, 15) is 19.5 Å². The summed E-state index contributed by atoms with van der Waals surface area (Å²) in [6, 6.07) is 7.14. The Kier molecular flexibility index (Phi) is 8.13. The molecule has 0 saturated heterocycles. The van der Waals surface area contributed by atoms with Crippen molar-refractivity contribution < 1.29 is 60.3 Å². The van der Waals surface area contributed by atoms with E-state index in [1.165, 1.54) is 17.7 Å². The van der Waals surface area contributed by atoms with Crippen molar-refractivity contribution in [3.63, 3.8) is 0 Å². The maximum Gasteiger partial charge on any atom is 1.00 e. The van der Waals surface area contributed by atoms with Crippen LogP contribution in [0.5, 0.6) is 5.75 Å².